The van der Waals surface area contributed by atoms with E-state index in [1.54, 1.807) is 17.0 Å². The van der Waals surface area contributed by atoms with Gasteiger partial charge in [0.2, 0.25) is 5.91 Å². The fourth-order valence-electron chi connectivity index (χ4n) is 3.61. The van der Waals surface area contributed by atoms with E-state index in [0.717, 1.165) is 16.0 Å². The van der Waals surface area contributed by atoms with Crippen molar-refractivity contribution in [3.8, 4) is 10.4 Å². The number of aryl methyl sites for hydroxylation is 1. The van der Waals surface area contributed by atoms with Crippen LogP contribution in [0.2, 0.25) is 0 Å². The van der Waals surface area contributed by atoms with Gasteiger partial charge in [-0.1, -0.05) is 42.5 Å². The van der Waals surface area contributed by atoms with Gasteiger partial charge in [-0.2, -0.15) is 0 Å². The number of fused-ring (bicyclic) bond motifs is 1. The Hall–Kier alpha value is -3.32. The second-order valence-electron chi connectivity index (χ2n) is 7.32. The third kappa shape index (κ3) is 4.27. The van der Waals surface area contributed by atoms with Crippen LogP contribution in [0.5, 0.6) is 0 Å². The van der Waals surface area contributed by atoms with Crippen LogP contribution in [0.4, 0.5) is 4.39 Å². The number of thiophene rings is 1. The van der Waals surface area contributed by atoms with E-state index in [1.165, 1.54) is 34.4 Å². The zero-order valence-electron chi connectivity index (χ0n) is 17.3. The number of nitrogens with zero attached hydrogens (tertiary/aromatic N) is 3. The fourth-order valence-corrected chi connectivity index (χ4v) is 4.76. The van der Waals surface area contributed by atoms with Crippen molar-refractivity contribution in [2.75, 3.05) is 6.54 Å². The van der Waals surface area contributed by atoms with Crippen molar-refractivity contribution in [3.63, 3.8) is 0 Å². The van der Waals surface area contributed by atoms with Crippen molar-refractivity contribution >= 4 is 27.5 Å². The maximum absolute atomic E-state index is 13.5. The lowest BCUT2D eigenvalue weighted by molar-refractivity contribution is -0.132. The van der Waals surface area contributed by atoms with Gasteiger partial charge in [-0.3, -0.25) is 14.2 Å². The average molecular weight is 436 g/mol. The van der Waals surface area contributed by atoms with Crippen LogP contribution in [-0.4, -0.2) is 26.9 Å². The number of hydrogen-bond donors (Lipinski definition) is 0. The lowest BCUT2D eigenvalue weighted by atomic mass is 10.1. The first-order valence-corrected chi connectivity index (χ1v) is 10.9. The van der Waals surface area contributed by atoms with E-state index >= 15 is 0 Å². The second kappa shape index (κ2) is 8.81. The van der Waals surface area contributed by atoms with Crippen molar-refractivity contribution in [1.29, 1.82) is 0 Å². The zero-order chi connectivity index (χ0) is 22.0. The molecule has 2 heterocycles. The molecule has 0 aliphatic heterocycles. The lowest BCUT2D eigenvalue weighted by Crippen LogP contribution is -2.36. The van der Waals surface area contributed by atoms with E-state index in [9.17, 15) is 14.0 Å². The molecular weight excluding hydrogens is 413 g/mol. The quantitative estimate of drug-likeness (QED) is 0.444. The Bertz CT molecular complexity index is 1300. The molecule has 2 aromatic carbocycles. The van der Waals surface area contributed by atoms with Crippen LogP contribution in [0, 0.1) is 12.7 Å². The molecule has 1 amide bonds. The van der Waals surface area contributed by atoms with Crippen LogP contribution in [-0.2, 0) is 17.9 Å². The lowest BCUT2D eigenvalue weighted by Gasteiger charge is -2.21. The molecule has 0 atom stereocenters. The molecule has 5 nitrogen and oxygen atoms in total. The van der Waals surface area contributed by atoms with E-state index in [1.807, 2.05) is 44.2 Å². The number of likely N-dealkylation sites (N-methyl/N-ethyl adjacent to an activating group) is 1. The highest BCUT2D eigenvalue weighted by molar-refractivity contribution is 7.22. The molecule has 0 saturated carbocycles. The summed E-state index contributed by atoms with van der Waals surface area (Å²) >= 11 is 1.48. The maximum atomic E-state index is 13.5. The first-order chi connectivity index (χ1) is 15.0. The molecule has 0 radical (unpaired) electrons. The highest BCUT2D eigenvalue weighted by atomic mass is 32.1. The molecule has 0 N–H and O–H groups in total. The van der Waals surface area contributed by atoms with Gasteiger partial charge in [-0.05, 0) is 42.7 Å². The van der Waals surface area contributed by atoms with Crippen molar-refractivity contribution < 1.29 is 9.18 Å². The number of aromatic nitrogens is 2. The van der Waals surface area contributed by atoms with E-state index in [2.05, 4.69) is 4.98 Å². The summed E-state index contributed by atoms with van der Waals surface area (Å²) < 4.78 is 14.8. The molecule has 0 aliphatic rings. The van der Waals surface area contributed by atoms with Crippen molar-refractivity contribution in [3.05, 3.63) is 88.2 Å². The van der Waals surface area contributed by atoms with E-state index < -0.39 is 0 Å². The smallest absolute Gasteiger partial charge is 0.262 e. The molecule has 0 aliphatic carbocycles. The molecule has 158 valence electrons. The number of benzene rings is 2. The summed E-state index contributed by atoms with van der Waals surface area (Å²) in [6.07, 6.45) is 1.43. The molecule has 0 unspecified atom stereocenters. The highest BCUT2D eigenvalue weighted by Crippen LogP contribution is 2.35. The topological polar surface area (TPSA) is 55.2 Å². The molecule has 0 bridgehead atoms. The summed E-state index contributed by atoms with van der Waals surface area (Å²) in [6.45, 7) is 4.40. The Morgan fingerprint density at radius 2 is 1.94 bits per heavy atom. The SMILES string of the molecule is CCN(Cc1cccc(F)c1)C(=O)Cn1cnc2sc(-c3ccccc3)c(C)c2c1=O. The largest absolute Gasteiger partial charge is 0.337 e. The second-order valence-corrected chi connectivity index (χ2v) is 8.32. The number of carbonyl (C=O) groups is 1. The van der Waals surface area contributed by atoms with Gasteiger partial charge in [-0.15, -0.1) is 11.3 Å². The van der Waals surface area contributed by atoms with Gasteiger partial charge in [0.05, 0.1) is 11.7 Å². The van der Waals surface area contributed by atoms with E-state index in [0.29, 0.717) is 22.3 Å². The minimum atomic E-state index is -0.339. The molecule has 0 saturated heterocycles. The van der Waals surface area contributed by atoms with Gasteiger partial charge in [-0.25, -0.2) is 9.37 Å². The highest BCUT2D eigenvalue weighted by Gasteiger charge is 2.18. The van der Waals surface area contributed by atoms with Gasteiger partial charge in [0.1, 0.15) is 17.2 Å². The summed E-state index contributed by atoms with van der Waals surface area (Å²) in [6, 6.07) is 16.1. The minimum absolute atomic E-state index is 0.110. The molecule has 31 heavy (non-hydrogen) atoms. The molecule has 4 aromatic rings. The van der Waals surface area contributed by atoms with Gasteiger partial charge < -0.3 is 4.90 Å². The Morgan fingerprint density at radius 1 is 1.16 bits per heavy atom. The number of amides is 1. The molecule has 4 rings (SSSR count). The summed E-state index contributed by atoms with van der Waals surface area (Å²) in [5.41, 5.74) is 2.39. The van der Waals surface area contributed by atoms with E-state index in [4.69, 9.17) is 0 Å². The van der Waals surface area contributed by atoms with Crippen LogP contribution in [0.25, 0.3) is 20.7 Å². The van der Waals surface area contributed by atoms with Crippen LogP contribution in [0.3, 0.4) is 0 Å². The van der Waals surface area contributed by atoms with Gasteiger partial charge in [0, 0.05) is 18.0 Å². The van der Waals surface area contributed by atoms with Gasteiger partial charge >= 0.3 is 0 Å². The van der Waals surface area contributed by atoms with Gasteiger partial charge in [0.15, 0.2) is 0 Å². The molecular formula is C24H22FN3O2S. The van der Waals surface area contributed by atoms with Crippen LogP contribution < -0.4 is 5.56 Å². The standard InChI is InChI=1S/C24H22FN3O2S/c1-3-27(13-17-8-7-11-19(25)12-17)20(29)14-28-15-26-23-21(24(28)30)16(2)22(31-23)18-9-5-4-6-10-18/h4-12,15H,3,13-14H2,1-2H3. The predicted octanol–water partition coefficient (Wildman–Crippen LogP) is 4.62. The zero-order valence-corrected chi connectivity index (χ0v) is 18.2. The van der Waals surface area contributed by atoms with Crippen molar-refractivity contribution in [2.24, 2.45) is 0 Å². The third-order valence-corrected chi connectivity index (χ3v) is 6.50. The van der Waals surface area contributed by atoms with Crippen molar-refractivity contribution in [1.82, 2.24) is 14.5 Å². The summed E-state index contributed by atoms with van der Waals surface area (Å²) in [7, 11) is 0. The Kier molecular flexibility index (Phi) is 5.95. The van der Waals surface area contributed by atoms with Crippen LogP contribution in [0.15, 0.2) is 65.7 Å². The molecule has 7 heteroatoms. The number of hydrogen-bond acceptors (Lipinski definition) is 4. The summed E-state index contributed by atoms with van der Waals surface area (Å²) in [4.78, 5) is 33.7. The summed E-state index contributed by atoms with van der Waals surface area (Å²) in [5, 5.41) is 0.548. The number of carbonyl (C=O) groups excluding carboxylic acids is 1. The molecule has 0 spiro atoms. The van der Waals surface area contributed by atoms with E-state index in [-0.39, 0.29) is 30.4 Å². The first kappa shape index (κ1) is 20.9. The first-order valence-electron chi connectivity index (χ1n) is 10.0. The van der Waals surface area contributed by atoms with Crippen LogP contribution >= 0.6 is 11.3 Å². The third-order valence-electron chi connectivity index (χ3n) is 5.26. The number of rotatable bonds is 6. The monoisotopic (exact) mass is 435 g/mol. The maximum Gasteiger partial charge on any atom is 0.262 e. The predicted molar refractivity (Wildman–Crippen MR) is 122 cm³/mol. The molecule has 2 aromatic heterocycles. The fraction of sp³-hybridized carbons (Fsp3) is 0.208. The Morgan fingerprint density at radius 3 is 2.65 bits per heavy atom. The minimum Gasteiger partial charge on any atom is -0.337 e. The van der Waals surface area contributed by atoms with Gasteiger partial charge in [0.25, 0.3) is 5.56 Å². The Balaban J connectivity index is 1.62. The molecule has 0 fully saturated rings. The van der Waals surface area contributed by atoms with Crippen molar-refractivity contribution in [2.45, 2.75) is 26.9 Å². The van der Waals surface area contributed by atoms with Crippen LogP contribution in [0.1, 0.15) is 18.1 Å². The summed E-state index contributed by atoms with van der Waals surface area (Å²) in [5.74, 6) is -0.555. The normalized spacial score (nSPS) is 11.1. The number of halogens is 1. The Labute approximate surface area is 183 Å². The average Bonchev–Trinajstić information content (AvgIpc) is 3.11.